The Kier molecular flexibility index (Phi) is 20.1. The zero-order valence-corrected chi connectivity index (χ0v) is 70.7. The average molecular weight is 1630 g/mol. The van der Waals surface area contributed by atoms with Gasteiger partial charge >= 0.3 is 0 Å². The van der Waals surface area contributed by atoms with Crippen molar-refractivity contribution in [1.82, 2.24) is 29.9 Å². The topological polar surface area (TPSA) is 77.3 Å². The maximum absolute atomic E-state index is 5.17. The van der Waals surface area contributed by atoms with Crippen LogP contribution in [0.3, 0.4) is 0 Å². The minimum atomic E-state index is -0.451. The van der Waals surface area contributed by atoms with E-state index >= 15 is 0 Å². The standard InChI is InChI=1S/C64H43N3.C58H41N3/c1-4-17-46(18-5-1)63-66-60(45-36-34-44(35-37-45)53-25-16-38-65-43-53)42-61(67-63)52-24-14-22-50(41-52)48-20-12-19-47(39-48)49-21-13-23-51(40-49)56-31-15-33-59-62(56)57-30-10-11-32-58(57)64(59,54-26-6-2-7-27-54)55-28-8-3-9-29-55;1-58(2)51-25-11-24-50(56(51)55-49-23-7-6-13-39(49)30-31-52(55)58)46-20-9-18-44(34-46)42-16-8-17-43(33-42)45-19-10-21-47(35-45)54-36-53(60-57(61-54)41-14-4-3-5-15-41)40-28-26-38(27-29-40)48-22-12-32-59-37-48/h1-43H;3-37H,1-2H3. The Morgan fingerprint density at radius 3 is 0.961 bits per heavy atom. The van der Waals surface area contributed by atoms with Crippen molar-refractivity contribution in [3.05, 3.63) is 507 Å². The second-order valence-corrected chi connectivity index (χ2v) is 33.6. The number of hydrogen-bond acceptors (Lipinski definition) is 6. The van der Waals surface area contributed by atoms with E-state index in [0.717, 1.165) is 106 Å². The summed E-state index contributed by atoms with van der Waals surface area (Å²) in [5, 5.41) is 2.59. The molecule has 0 N–H and O–H groups in total. The van der Waals surface area contributed by atoms with Gasteiger partial charge in [-0.05, 0) is 216 Å². The van der Waals surface area contributed by atoms with Crippen LogP contribution in [-0.2, 0) is 10.8 Å². The SMILES string of the molecule is CC1(C)c2cccc(-c3cccc(-c4cccc(-c5cccc(-c6cc(-c7ccc(-c8cccnc8)cc7)nc(-c7ccccc7)n6)c5)c4)c3)c2-c2c1ccc1ccccc21.c1ccc(-c2nc(-c3ccc(-c4cccnc4)cc3)cc(-c3cccc(-c4cccc(-c5cccc(-c6cccc7c6-c6ccccc6C7(c6ccccc6)c6ccccc6)c5)c4)c3)n2)cc1. The molecular formula is C122H84N6. The van der Waals surface area contributed by atoms with Gasteiger partial charge < -0.3 is 0 Å². The van der Waals surface area contributed by atoms with Crippen molar-refractivity contribution >= 4 is 10.8 Å². The van der Waals surface area contributed by atoms with Crippen molar-refractivity contribution in [1.29, 1.82) is 0 Å². The van der Waals surface area contributed by atoms with E-state index in [0.29, 0.717) is 11.6 Å². The Morgan fingerprint density at radius 2 is 0.508 bits per heavy atom. The smallest absolute Gasteiger partial charge is 0.160 e. The Balaban J connectivity index is 0.000000151. The van der Waals surface area contributed by atoms with Gasteiger partial charge in [0.1, 0.15) is 0 Å². The van der Waals surface area contributed by atoms with Gasteiger partial charge in [-0.1, -0.05) is 402 Å². The van der Waals surface area contributed by atoms with E-state index in [1.165, 1.54) is 105 Å². The molecule has 2 aliphatic rings. The monoisotopic (exact) mass is 1630 g/mol. The van der Waals surface area contributed by atoms with Gasteiger partial charge in [0.05, 0.1) is 28.2 Å². The highest BCUT2D eigenvalue weighted by Crippen LogP contribution is 2.59. The van der Waals surface area contributed by atoms with Gasteiger partial charge in [0.25, 0.3) is 0 Å². The number of rotatable bonds is 16. The molecule has 21 aromatic rings. The Morgan fingerprint density at radius 1 is 0.188 bits per heavy atom. The lowest BCUT2D eigenvalue weighted by Crippen LogP contribution is -2.28. The number of fused-ring (bicyclic) bond motifs is 8. The first-order valence-electron chi connectivity index (χ1n) is 43.7. The van der Waals surface area contributed by atoms with Crippen LogP contribution in [0.4, 0.5) is 0 Å². The first-order valence-corrected chi connectivity index (χ1v) is 43.7. The summed E-state index contributed by atoms with van der Waals surface area (Å²) in [6.45, 7) is 4.73. The first-order chi connectivity index (χ1) is 63.2. The van der Waals surface area contributed by atoms with E-state index in [1.807, 2.05) is 60.9 Å². The fourth-order valence-corrected chi connectivity index (χ4v) is 19.4. The maximum atomic E-state index is 5.17. The molecule has 17 aromatic carbocycles. The molecule has 0 bridgehead atoms. The zero-order chi connectivity index (χ0) is 85.5. The van der Waals surface area contributed by atoms with E-state index in [9.17, 15) is 0 Å². The fraction of sp³-hybridized carbons (Fsp3) is 0.0328. The van der Waals surface area contributed by atoms with Crippen LogP contribution < -0.4 is 0 Å². The summed E-state index contributed by atoms with van der Waals surface area (Å²) in [4.78, 5) is 29.1. The van der Waals surface area contributed by atoms with Crippen molar-refractivity contribution in [3.63, 3.8) is 0 Å². The molecular weight excluding hydrogens is 1550 g/mol. The highest BCUT2D eigenvalue weighted by atomic mass is 14.9. The molecule has 0 amide bonds. The largest absolute Gasteiger partial charge is 0.264 e. The van der Waals surface area contributed by atoms with Gasteiger partial charge in [-0.3, -0.25) is 9.97 Å². The lowest BCUT2D eigenvalue weighted by molar-refractivity contribution is 0.661. The van der Waals surface area contributed by atoms with Gasteiger partial charge in [0.2, 0.25) is 0 Å². The van der Waals surface area contributed by atoms with E-state index < -0.39 is 5.41 Å². The van der Waals surface area contributed by atoms with Crippen LogP contribution >= 0.6 is 0 Å². The van der Waals surface area contributed by atoms with Crippen LogP contribution in [0.2, 0.25) is 0 Å². The predicted octanol–water partition coefficient (Wildman–Crippen LogP) is 30.9. The number of aromatic nitrogens is 6. The van der Waals surface area contributed by atoms with Gasteiger partial charge in [-0.25, -0.2) is 19.9 Å². The van der Waals surface area contributed by atoms with Crippen LogP contribution in [0.15, 0.2) is 474 Å². The second-order valence-electron chi connectivity index (χ2n) is 33.6. The summed E-state index contributed by atoms with van der Waals surface area (Å²) >= 11 is 0. The van der Waals surface area contributed by atoms with Crippen LogP contribution in [0, 0.1) is 0 Å². The molecule has 0 saturated carbocycles. The zero-order valence-electron chi connectivity index (χ0n) is 70.7. The molecule has 2 aliphatic carbocycles. The lowest BCUT2D eigenvalue weighted by Gasteiger charge is -2.34. The first kappa shape index (κ1) is 77.5. The van der Waals surface area contributed by atoms with Crippen molar-refractivity contribution in [2.75, 3.05) is 0 Å². The van der Waals surface area contributed by atoms with E-state index in [-0.39, 0.29) is 5.41 Å². The third-order valence-electron chi connectivity index (χ3n) is 25.7. The van der Waals surface area contributed by atoms with Crippen molar-refractivity contribution < 1.29 is 0 Å². The van der Waals surface area contributed by atoms with Crippen LogP contribution in [0.25, 0.3) is 190 Å². The quantitative estimate of drug-likeness (QED) is 0.0959. The molecule has 0 fully saturated rings. The molecule has 0 saturated heterocycles. The Bertz CT molecular complexity index is 7690. The summed E-state index contributed by atoms with van der Waals surface area (Å²) in [5.74, 6) is 1.39. The Labute approximate surface area is 746 Å². The van der Waals surface area contributed by atoms with Gasteiger partial charge in [-0.15, -0.1) is 0 Å². The van der Waals surface area contributed by atoms with Crippen LogP contribution in [0.1, 0.15) is 47.2 Å². The Hall–Kier alpha value is -16.5. The number of benzene rings is 17. The molecule has 0 unspecified atom stereocenters. The molecule has 0 spiro atoms. The molecule has 4 heterocycles. The molecule has 0 atom stereocenters. The van der Waals surface area contributed by atoms with Gasteiger partial charge in [-0.2, -0.15) is 0 Å². The highest BCUT2D eigenvalue weighted by molar-refractivity contribution is 6.07. The number of hydrogen-bond donors (Lipinski definition) is 0. The number of pyridine rings is 2. The summed E-state index contributed by atoms with van der Waals surface area (Å²) in [6, 6.07) is 161. The van der Waals surface area contributed by atoms with Gasteiger partial charge in [0, 0.05) is 63.6 Å². The maximum Gasteiger partial charge on any atom is 0.160 e. The minimum absolute atomic E-state index is 0.0894. The predicted molar refractivity (Wildman–Crippen MR) is 528 cm³/mol. The van der Waals surface area contributed by atoms with Crippen LogP contribution in [0.5, 0.6) is 0 Å². The molecule has 4 aromatic heterocycles. The van der Waals surface area contributed by atoms with E-state index in [1.54, 1.807) is 12.4 Å². The molecule has 6 nitrogen and oxygen atoms in total. The summed E-state index contributed by atoms with van der Waals surface area (Å²) in [7, 11) is 0. The van der Waals surface area contributed by atoms with Gasteiger partial charge in [0.15, 0.2) is 11.6 Å². The highest BCUT2D eigenvalue weighted by Gasteiger charge is 2.47. The molecule has 23 rings (SSSR count). The van der Waals surface area contributed by atoms with E-state index in [2.05, 4.69) is 424 Å². The normalized spacial score (nSPS) is 12.4. The third kappa shape index (κ3) is 14.5. The lowest BCUT2D eigenvalue weighted by atomic mass is 9.67. The average Bonchev–Trinajstić information content (AvgIpc) is 1.52. The molecule has 6 heteroatoms. The van der Waals surface area contributed by atoms with E-state index in [4.69, 9.17) is 19.9 Å². The number of nitrogens with zero attached hydrogens (tertiary/aromatic N) is 6. The third-order valence-corrected chi connectivity index (χ3v) is 25.7. The van der Waals surface area contributed by atoms with Crippen molar-refractivity contribution in [2.45, 2.75) is 24.7 Å². The summed E-state index contributed by atoms with van der Waals surface area (Å²) in [6.07, 6.45) is 7.38. The summed E-state index contributed by atoms with van der Waals surface area (Å²) < 4.78 is 0. The molecule has 128 heavy (non-hydrogen) atoms. The fourth-order valence-electron chi connectivity index (χ4n) is 19.4. The summed E-state index contributed by atoms with van der Waals surface area (Å²) in [5.41, 5.74) is 40.7. The minimum Gasteiger partial charge on any atom is -0.264 e. The van der Waals surface area contributed by atoms with Crippen LogP contribution in [-0.4, -0.2) is 29.9 Å². The molecule has 602 valence electrons. The van der Waals surface area contributed by atoms with Crippen molar-refractivity contribution in [2.24, 2.45) is 0 Å². The second kappa shape index (κ2) is 33.3. The molecule has 0 radical (unpaired) electrons. The van der Waals surface area contributed by atoms with Crippen molar-refractivity contribution in [3.8, 4) is 179 Å². The molecule has 0 aliphatic heterocycles.